The molecule has 0 aliphatic carbocycles. The van der Waals surface area contributed by atoms with Gasteiger partial charge in [-0.15, -0.1) is 0 Å². The molecule has 6 heteroatoms. The summed E-state index contributed by atoms with van der Waals surface area (Å²) in [6.45, 7) is 1.60. The van der Waals surface area contributed by atoms with Crippen LogP contribution in [0.1, 0.15) is 12.0 Å². The predicted molar refractivity (Wildman–Crippen MR) is 75.2 cm³/mol. The van der Waals surface area contributed by atoms with Crippen molar-refractivity contribution in [1.29, 1.82) is 0 Å². The molecule has 0 aromatic heterocycles. The molecule has 1 saturated heterocycles. The van der Waals surface area contributed by atoms with Crippen LogP contribution in [0.25, 0.3) is 6.08 Å². The van der Waals surface area contributed by atoms with Gasteiger partial charge in [0.1, 0.15) is 0 Å². The molecule has 1 fully saturated rings. The Balaban J connectivity index is 2.14. The highest BCUT2D eigenvalue weighted by molar-refractivity contribution is 5.91. The number of rotatable bonds is 5. The zero-order valence-electron chi connectivity index (χ0n) is 11.0. The average Bonchev–Trinajstić information content (AvgIpc) is 2.94. The minimum absolute atomic E-state index is 0.158. The largest absolute Gasteiger partial charge is 0.369 e. The standard InChI is InChI=1S/C14H17N3O3/c18-10-15-12-7-8-17(9-12)13-4-2-1-3-11(13)5-6-14(19)16-20/h1-6,10,12,20H,7-9H2,(H,15,18)(H,16,19)/b6-5+. The molecular formula is C14H17N3O3. The minimum atomic E-state index is -0.568. The maximum atomic E-state index is 11.0. The fourth-order valence-electron chi connectivity index (χ4n) is 2.33. The van der Waals surface area contributed by atoms with E-state index in [1.54, 1.807) is 11.6 Å². The third-order valence-electron chi connectivity index (χ3n) is 3.29. The first-order valence-electron chi connectivity index (χ1n) is 6.40. The van der Waals surface area contributed by atoms with E-state index in [9.17, 15) is 9.59 Å². The number of para-hydroxylation sites is 1. The molecule has 0 bridgehead atoms. The van der Waals surface area contributed by atoms with Crippen LogP contribution in [0.4, 0.5) is 5.69 Å². The average molecular weight is 275 g/mol. The number of amides is 2. The SMILES string of the molecule is O=CNC1CCN(c2ccccc2/C=C/C(=O)NO)C1. The van der Waals surface area contributed by atoms with Crippen LogP contribution in [-0.4, -0.2) is 36.7 Å². The molecule has 106 valence electrons. The second kappa shape index (κ2) is 6.72. The number of carbonyl (C=O) groups excluding carboxylic acids is 2. The van der Waals surface area contributed by atoms with Crippen molar-refractivity contribution in [2.45, 2.75) is 12.5 Å². The molecule has 0 radical (unpaired) electrons. The summed E-state index contributed by atoms with van der Waals surface area (Å²) in [6.07, 6.45) is 4.55. The van der Waals surface area contributed by atoms with Crippen molar-refractivity contribution in [2.75, 3.05) is 18.0 Å². The van der Waals surface area contributed by atoms with Crippen LogP contribution in [0.2, 0.25) is 0 Å². The monoisotopic (exact) mass is 275 g/mol. The van der Waals surface area contributed by atoms with Gasteiger partial charge in [-0.3, -0.25) is 14.8 Å². The lowest BCUT2D eigenvalue weighted by molar-refractivity contribution is -0.124. The Morgan fingerprint density at radius 2 is 2.20 bits per heavy atom. The van der Waals surface area contributed by atoms with Crippen LogP contribution in [0, 0.1) is 0 Å². The highest BCUT2D eigenvalue weighted by Crippen LogP contribution is 2.25. The van der Waals surface area contributed by atoms with Crippen LogP contribution in [0.15, 0.2) is 30.3 Å². The van der Waals surface area contributed by atoms with Crippen LogP contribution >= 0.6 is 0 Å². The maximum absolute atomic E-state index is 11.0. The summed E-state index contributed by atoms with van der Waals surface area (Å²) < 4.78 is 0. The fourth-order valence-corrected chi connectivity index (χ4v) is 2.33. The van der Waals surface area contributed by atoms with E-state index in [4.69, 9.17) is 5.21 Å². The Bertz CT molecular complexity index is 516. The van der Waals surface area contributed by atoms with E-state index < -0.39 is 5.91 Å². The van der Waals surface area contributed by atoms with Crippen molar-refractivity contribution in [2.24, 2.45) is 0 Å². The van der Waals surface area contributed by atoms with Crippen LogP contribution < -0.4 is 15.7 Å². The molecule has 1 aliphatic heterocycles. The van der Waals surface area contributed by atoms with E-state index in [2.05, 4.69) is 10.2 Å². The summed E-state index contributed by atoms with van der Waals surface area (Å²) in [5, 5.41) is 11.3. The first-order chi connectivity index (χ1) is 9.74. The van der Waals surface area contributed by atoms with Gasteiger partial charge < -0.3 is 10.2 Å². The first kappa shape index (κ1) is 14.1. The van der Waals surface area contributed by atoms with E-state index in [0.717, 1.165) is 37.2 Å². The quantitative estimate of drug-likeness (QED) is 0.317. The van der Waals surface area contributed by atoms with Crippen molar-refractivity contribution in [3.63, 3.8) is 0 Å². The van der Waals surface area contributed by atoms with E-state index in [1.807, 2.05) is 24.3 Å². The van der Waals surface area contributed by atoms with Gasteiger partial charge in [0, 0.05) is 30.9 Å². The summed E-state index contributed by atoms with van der Waals surface area (Å²) in [6, 6.07) is 7.85. The summed E-state index contributed by atoms with van der Waals surface area (Å²) in [4.78, 5) is 23.7. The Morgan fingerprint density at radius 1 is 1.40 bits per heavy atom. The van der Waals surface area contributed by atoms with Gasteiger partial charge in [0.25, 0.3) is 5.91 Å². The summed E-state index contributed by atoms with van der Waals surface area (Å²) in [5.41, 5.74) is 3.46. The van der Waals surface area contributed by atoms with Crippen molar-refractivity contribution in [3.8, 4) is 0 Å². The lowest BCUT2D eigenvalue weighted by Gasteiger charge is -2.20. The van der Waals surface area contributed by atoms with E-state index in [1.165, 1.54) is 6.08 Å². The second-order valence-corrected chi connectivity index (χ2v) is 4.58. The number of anilines is 1. The molecule has 20 heavy (non-hydrogen) atoms. The van der Waals surface area contributed by atoms with Crippen molar-refractivity contribution in [1.82, 2.24) is 10.8 Å². The molecule has 1 aromatic rings. The fraction of sp³-hybridized carbons (Fsp3) is 0.286. The summed E-state index contributed by atoms with van der Waals surface area (Å²) in [7, 11) is 0. The third-order valence-corrected chi connectivity index (χ3v) is 3.29. The molecule has 0 spiro atoms. The molecule has 3 N–H and O–H groups in total. The van der Waals surface area contributed by atoms with Crippen molar-refractivity contribution in [3.05, 3.63) is 35.9 Å². The normalized spacial score (nSPS) is 18.2. The van der Waals surface area contributed by atoms with Crippen LogP contribution in [-0.2, 0) is 9.59 Å². The van der Waals surface area contributed by atoms with Gasteiger partial charge in [-0.25, -0.2) is 5.48 Å². The van der Waals surface area contributed by atoms with Gasteiger partial charge in [0.05, 0.1) is 0 Å². The Kier molecular flexibility index (Phi) is 4.73. The van der Waals surface area contributed by atoms with Gasteiger partial charge in [0.2, 0.25) is 6.41 Å². The Labute approximate surface area is 117 Å². The Morgan fingerprint density at radius 3 is 2.95 bits per heavy atom. The zero-order chi connectivity index (χ0) is 14.4. The zero-order valence-corrected chi connectivity index (χ0v) is 11.0. The number of carbonyl (C=O) groups is 2. The van der Waals surface area contributed by atoms with Gasteiger partial charge in [-0.2, -0.15) is 0 Å². The van der Waals surface area contributed by atoms with Gasteiger partial charge in [0.15, 0.2) is 0 Å². The highest BCUT2D eigenvalue weighted by atomic mass is 16.5. The topological polar surface area (TPSA) is 81.7 Å². The molecule has 6 nitrogen and oxygen atoms in total. The lowest BCUT2D eigenvalue weighted by atomic mass is 10.1. The number of benzene rings is 1. The van der Waals surface area contributed by atoms with Gasteiger partial charge in [-0.1, -0.05) is 18.2 Å². The molecule has 1 atom stereocenters. The van der Waals surface area contributed by atoms with E-state index in [0.29, 0.717) is 0 Å². The number of nitrogens with zero attached hydrogens (tertiary/aromatic N) is 1. The molecule has 1 aliphatic rings. The highest BCUT2D eigenvalue weighted by Gasteiger charge is 2.22. The number of hydrogen-bond acceptors (Lipinski definition) is 4. The van der Waals surface area contributed by atoms with Gasteiger partial charge in [-0.05, 0) is 24.1 Å². The molecule has 1 heterocycles. The number of nitrogens with one attached hydrogen (secondary N) is 2. The third kappa shape index (κ3) is 3.36. The second-order valence-electron chi connectivity index (χ2n) is 4.58. The minimum Gasteiger partial charge on any atom is -0.369 e. The lowest BCUT2D eigenvalue weighted by Crippen LogP contribution is -2.31. The molecule has 1 unspecified atom stereocenters. The summed E-state index contributed by atoms with van der Waals surface area (Å²) >= 11 is 0. The predicted octanol–water partition coefficient (Wildman–Crippen LogP) is 0.530. The molecule has 2 amide bonds. The molecule has 1 aromatic carbocycles. The Hall–Kier alpha value is -2.34. The first-order valence-corrected chi connectivity index (χ1v) is 6.40. The smallest absolute Gasteiger partial charge is 0.267 e. The summed E-state index contributed by atoms with van der Waals surface area (Å²) in [5.74, 6) is -0.568. The number of hydrogen-bond donors (Lipinski definition) is 3. The maximum Gasteiger partial charge on any atom is 0.267 e. The molecular weight excluding hydrogens is 258 g/mol. The van der Waals surface area contributed by atoms with E-state index in [-0.39, 0.29) is 6.04 Å². The van der Waals surface area contributed by atoms with Crippen LogP contribution in [0.3, 0.4) is 0 Å². The van der Waals surface area contributed by atoms with Crippen molar-refractivity contribution < 1.29 is 14.8 Å². The molecule has 0 saturated carbocycles. The van der Waals surface area contributed by atoms with Crippen LogP contribution in [0.5, 0.6) is 0 Å². The van der Waals surface area contributed by atoms with Gasteiger partial charge >= 0.3 is 0 Å². The van der Waals surface area contributed by atoms with Crippen molar-refractivity contribution >= 4 is 24.1 Å². The number of hydroxylamine groups is 1. The molecule has 2 rings (SSSR count). The van der Waals surface area contributed by atoms with E-state index >= 15 is 0 Å².